The normalized spacial score (nSPS) is 18.1. The summed E-state index contributed by atoms with van der Waals surface area (Å²) in [6.45, 7) is 2.05. The third kappa shape index (κ3) is 9.07. The van der Waals surface area contributed by atoms with E-state index in [1.54, 1.807) is 37.3 Å². The average molecular weight is 789 g/mol. The van der Waals surface area contributed by atoms with Gasteiger partial charge in [0.05, 0.1) is 44.2 Å². The SMILES string of the molecule is COc1ccc(C[N+]2(C)CCC[C@H](N(C(=O)Nc3ccc(OS(=O)(=O)c4ccc(Br)s4)cc3)[C@@H](Cc3ccc(O)cc3)C(N)=O)C2)cc1OC. The monoisotopic (exact) mass is 787 g/mol. The Balaban J connectivity index is 1.40. The van der Waals surface area contributed by atoms with Gasteiger partial charge in [0.25, 0.3) is 0 Å². The molecule has 0 radical (unpaired) electrons. The van der Waals surface area contributed by atoms with Crippen molar-refractivity contribution in [2.75, 3.05) is 39.7 Å². The first-order chi connectivity index (χ1) is 23.8. The second kappa shape index (κ2) is 15.7. The van der Waals surface area contributed by atoms with Crippen LogP contribution in [0, 0.1) is 0 Å². The Labute approximate surface area is 304 Å². The lowest BCUT2D eigenvalue weighted by Crippen LogP contribution is -2.62. The molecule has 266 valence electrons. The number of methoxy groups -OCH3 is 2. The minimum Gasteiger partial charge on any atom is -0.508 e. The number of likely N-dealkylation sites (tertiary alicyclic amines) is 1. The number of likely N-dealkylation sites (N-methyl/N-ethyl adjacent to an activating group) is 1. The number of urea groups is 1. The summed E-state index contributed by atoms with van der Waals surface area (Å²) in [6, 6.07) is 19.4. The van der Waals surface area contributed by atoms with Crippen molar-refractivity contribution in [1.29, 1.82) is 0 Å². The molecule has 0 spiro atoms. The van der Waals surface area contributed by atoms with Gasteiger partial charge in [-0.3, -0.25) is 4.79 Å². The van der Waals surface area contributed by atoms with Gasteiger partial charge in [0, 0.05) is 17.7 Å². The van der Waals surface area contributed by atoms with E-state index >= 15 is 0 Å². The molecule has 0 aliphatic carbocycles. The molecule has 3 amide bonds. The van der Waals surface area contributed by atoms with E-state index in [1.807, 2.05) is 18.2 Å². The van der Waals surface area contributed by atoms with E-state index in [1.165, 1.54) is 42.5 Å². The van der Waals surface area contributed by atoms with E-state index in [0.717, 1.165) is 35.4 Å². The fraction of sp³-hybridized carbons (Fsp3) is 0.314. The van der Waals surface area contributed by atoms with Crippen LogP contribution in [0.15, 0.2) is 86.9 Å². The zero-order chi connectivity index (χ0) is 36.1. The van der Waals surface area contributed by atoms with Gasteiger partial charge in [-0.05, 0) is 101 Å². The molecule has 2 heterocycles. The first-order valence-electron chi connectivity index (χ1n) is 15.8. The molecule has 0 saturated carbocycles. The summed E-state index contributed by atoms with van der Waals surface area (Å²) >= 11 is 4.29. The molecule has 1 aliphatic heterocycles. The van der Waals surface area contributed by atoms with Crippen LogP contribution >= 0.6 is 27.3 Å². The predicted molar refractivity (Wildman–Crippen MR) is 194 cm³/mol. The highest BCUT2D eigenvalue weighted by atomic mass is 79.9. The number of aromatic hydroxyl groups is 1. The second-order valence-corrected chi connectivity index (χ2v) is 16.7. The van der Waals surface area contributed by atoms with Crippen molar-refractivity contribution in [2.24, 2.45) is 5.73 Å². The van der Waals surface area contributed by atoms with Crippen molar-refractivity contribution in [1.82, 2.24) is 4.90 Å². The molecule has 50 heavy (non-hydrogen) atoms. The van der Waals surface area contributed by atoms with Crippen LogP contribution in [0.3, 0.4) is 0 Å². The quantitative estimate of drug-likeness (QED) is 0.114. The van der Waals surface area contributed by atoms with E-state index in [9.17, 15) is 23.1 Å². The lowest BCUT2D eigenvalue weighted by atomic mass is 9.96. The van der Waals surface area contributed by atoms with Crippen LogP contribution in [0.25, 0.3) is 0 Å². The predicted octanol–water partition coefficient (Wildman–Crippen LogP) is 5.74. The average Bonchev–Trinajstić information content (AvgIpc) is 3.53. The lowest BCUT2D eigenvalue weighted by Gasteiger charge is -2.46. The Hall–Kier alpha value is -4.31. The van der Waals surface area contributed by atoms with Gasteiger partial charge in [0.2, 0.25) is 5.91 Å². The van der Waals surface area contributed by atoms with Crippen LogP contribution in [0.1, 0.15) is 24.0 Å². The number of phenolic OH excluding ortho intramolecular Hbond substituents is 1. The van der Waals surface area contributed by atoms with Gasteiger partial charge in [-0.25, -0.2) is 4.79 Å². The lowest BCUT2D eigenvalue weighted by molar-refractivity contribution is -0.928. The van der Waals surface area contributed by atoms with Crippen LogP contribution in [0.4, 0.5) is 10.5 Å². The van der Waals surface area contributed by atoms with Crippen molar-refractivity contribution < 1.29 is 41.3 Å². The summed E-state index contributed by atoms with van der Waals surface area (Å²) in [6.07, 6.45) is 1.59. The third-order valence-corrected chi connectivity index (χ3v) is 12.0. The van der Waals surface area contributed by atoms with Crippen LogP contribution < -0.4 is 24.7 Å². The molecule has 12 nitrogen and oxygen atoms in total. The number of benzene rings is 3. The number of thiophene rings is 1. The van der Waals surface area contributed by atoms with E-state index in [0.29, 0.717) is 45.0 Å². The number of phenols is 1. The Morgan fingerprint density at radius 2 is 1.70 bits per heavy atom. The molecule has 3 atom stereocenters. The van der Waals surface area contributed by atoms with E-state index in [2.05, 4.69) is 28.3 Å². The van der Waals surface area contributed by atoms with Gasteiger partial charge in [0.1, 0.15) is 24.1 Å². The van der Waals surface area contributed by atoms with Gasteiger partial charge in [-0.15, -0.1) is 11.3 Å². The first kappa shape index (κ1) is 37.0. The Kier molecular flexibility index (Phi) is 11.6. The number of ether oxygens (including phenoxy) is 2. The number of nitrogens with two attached hydrogens (primary N) is 1. The number of piperidine rings is 1. The maximum Gasteiger partial charge on any atom is 0.348 e. The molecule has 3 aromatic carbocycles. The molecule has 4 aromatic rings. The molecule has 1 aromatic heterocycles. The van der Waals surface area contributed by atoms with Crippen LogP contribution in [0.5, 0.6) is 23.0 Å². The van der Waals surface area contributed by atoms with E-state index in [4.69, 9.17) is 19.4 Å². The van der Waals surface area contributed by atoms with Crippen molar-refractivity contribution >= 4 is 55.0 Å². The zero-order valence-corrected chi connectivity index (χ0v) is 31.1. The molecule has 15 heteroatoms. The number of amides is 3. The van der Waals surface area contributed by atoms with Crippen molar-refractivity contribution in [2.45, 2.75) is 42.1 Å². The molecule has 0 bridgehead atoms. The zero-order valence-electron chi connectivity index (χ0n) is 27.9. The molecular weight excluding hydrogens is 748 g/mol. The van der Waals surface area contributed by atoms with Crippen molar-refractivity contribution in [3.05, 3.63) is 93.8 Å². The van der Waals surface area contributed by atoms with E-state index < -0.39 is 28.1 Å². The van der Waals surface area contributed by atoms with Crippen LogP contribution in [-0.2, 0) is 27.9 Å². The summed E-state index contributed by atoms with van der Waals surface area (Å²) in [4.78, 5) is 28.9. The number of quaternary nitrogens is 1. The number of primary amides is 1. The standard InChI is InChI=1S/C35H39BrN4O8S2/c1-40(21-24-8-15-30(46-2)31(20-24)47-3)18-4-5-26(22-40)39(29(34(37)42)19-23-6-11-27(41)12-7-23)35(43)38-25-9-13-28(14-10-25)48-50(44,45)33-17-16-32(36)49-33/h6-17,20,26,29H,4-5,18-19,21-22H2,1-3H3,(H3-,37,38,41,42,43)/p+1/t26-,29-,40?/m0/s1. The van der Waals surface area contributed by atoms with Crippen molar-refractivity contribution in [3.8, 4) is 23.0 Å². The largest absolute Gasteiger partial charge is 0.508 e. The summed E-state index contributed by atoms with van der Waals surface area (Å²) in [5.41, 5.74) is 8.15. The molecule has 1 saturated heterocycles. The number of halogens is 1. The highest BCUT2D eigenvalue weighted by molar-refractivity contribution is 9.11. The molecule has 1 unspecified atom stereocenters. The summed E-state index contributed by atoms with van der Waals surface area (Å²) < 4.78 is 42.9. The van der Waals surface area contributed by atoms with Gasteiger partial charge in [-0.2, -0.15) is 8.42 Å². The minimum atomic E-state index is -4.04. The van der Waals surface area contributed by atoms with Gasteiger partial charge >= 0.3 is 16.1 Å². The first-order valence-corrected chi connectivity index (χ1v) is 18.8. The highest BCUT2D eigenvalue weighted by Gasteiger charge is 2.41. The third-order valence-electron chi connectivity index (χ3n) is 8.66. The Morgan fingerprint density at radius 3 is 2.32 bits per heavy atom. The number of hydrogen-bond donors (Lipinski definition) is 3. The van der Waals surface area contributed by atoms with E-state index in [-0.39, 0.29) is 28.2 Å². The number of nitrogens with one attached hydrogen (secondary N) is 1. The summed E-state index contributed by atoms with van der Waals surface area (Å²) in [5.74, 6) is 0.749. The minimum absolute atomic E-state index is 0.0486. The second-order valence-electron chi connectivity index (χ2n) is 12.4. The molecular formula is C35H40BrN4O8S2+. The van der Waals surface area contributed by atoms with Crippen molar-refractivity contribution in [3.63, 3.8) is 0 Å². The molecule has 5 rings (SSSR count). The number of anilines is 1. The van der Waals surface area contributed by atoms with Gasteiger partial charge in [-0.1, -0.05) is 12.1 Å². The Bertz CT molecular complexity index is 1920. The molecule has 4 N–H and O–H groups in total. The molecule has 1 fully saturated rings. The smallest absolute Gasteiger partial charge is 0.348 e. The van der Waals surface area contributed by atoms with Crippen LogP contribution in [0.2, 0.25) is 0 Å². The number of nitrogens with zero attached hydrogens (tertiary/aromatic N) is 2. The van der Waals surface area contributed by atoms with Crippen LogP contribution in [-0.4, -0.2) is 81.3 Å². The maximum absolute atomic E-state index is 14.2. The number of hydrogen-bond acceptors (Lipinski definition) is 9. The molecule has 1 aliphatic rings. The summed E-state index contributed by atoms with van der Waals surface area (Å²) in [7, 11) is 1.27. The summed E-state index contributed by atoms with van der Waals surface area (Å²) in [5, 5.41) is 12.7. The fourth-order valence-electron chi connectivity index (χ4n) is 6.33. The highest BCUT2D eigenvalue weighted by Crippen LogP contribution is 2.32. The fourth-order valence-corrected chi connectivity index (χ4v) is 9.23. The Morgan fingerprint density at radius 1 is 1.02 bits per heavy atom. The number of rotatable bonds is 13. The maximum atomic E-state index is 14.2. The number of carbonyl (C=O) groups is 2. The number of carbonyl (C=O) groups excluding carboxylic acids is 2. The van der Waals surface area contributed by atoms with Gasteiger partial charge in [0.15, 0.2) is 15.7 Å². The van der Waals surface area contributed by atoms with Gasteiger partial charge < -0.3 is 39.2 Å². The topological polar surface area (TPSA) is 157 Å².